The Bertz CT molecular complexity index is 1280. The third-order valence-corrected chi connectivity index (χ3v) is 10.1. The summed E-state index contributed by atoms with van der Waals surface area (Å²) >= 11 is 0. The molecule has 4 N–H and O–H groups in total. The van der Waals surface area contributed by atoms with Crippen molar-refractivity contribution in [2.24, 2.45) is 23.5 Å². The second-order valence-corrected chi connectivity index (χ2v) is 13.1. The number of hydrogen-bond donors (Lipinski definition) is 3. The smallest absolute Gasteiger partial charge is 0.282 e. The molecule has 0 aromatic heterocycles. The van der Waals surface area contributed by atoms with Crippen molar-refractivity contribution < 1.29 is 22.4 Å². The Morgan fingerprint density at radius 1 is 1.05 bits per heavy atom. The molecule has 9 nitrogen and oxygen atoms in total. The maximum Gasteiger partial charge on any atom is 0.282 e. The molecule has 0 radical (unpaired) electrons. The van der Waals surface area contributed by atoms with E-state index < -0.39 is 46.0 Å². The van der Waals surface area contributed by atoms with Crippen molar-refractivity contribution in [2.45, 2.75) is 58.2 Å². The van der Waals surface area contributed by atoms with Crippen LogP contribution in [0.4, 0.5) is 10.1 Å². The van der Waals surface area contributed by atoms with Crippen molar-refractivity contribution >= 4 is 27.7 Å². The van der Waals surface area contributed by atoms with E-state index in [1.54, 1.807) is 13.8 Å². The van der Waals surface area contributed by atoms with E-state index in [1.165, 1.54) is 32.9 Å². The molecule has 6 atom stereocenters. The van der Waals surface area contributed by atoms with Crippen LogP contribution in [0, 0.1) is 23.6 Å². The Morgan fingerprint density at radius 3 is 2.33 bits per heavy atom. The summed E-state index contributed by atoms with van der Waals surface area (Å²) in [5.41, 5.74) is 8.02. The normalized spacial score (nSPS) is 23.6. The highest BCUT2D eigenvalue weighted by molar-refractivity contribution is 7.87. The van der Waals surface area contributed by atoms with Crippen molar-refractivity contribution in [1.82, 2.24) is 13.9 Å². The summed E-state index contributed by atoms with van der Waals surface area (Å²) < 4.78 is 42.3. The van der Waals surface area contributed by atoms with Crippen LogP contribution >= 0.6 is 0 Å². The molecule has 0 bridgehead atoms. The zero-order valence-electron chi connectivity index (χ0n) is 23.3. The molecule has 1 heterocycles. The van der Waals surface area contributed by atoms with Gasteiger partial charge >= 0.3 is 0 Å². The van der Waals surface area contributed by atoms with Gasteiger partial charge in [0, 0.05) is 43.3 Å². The highest BCUT2D eigenvalue weighted by Gasteiger charge is 2.45. The fourth-order valence-electron chi connectivity index (χ4n) is 5.17. The number of nitrogens with two attached hydrogens (primary N) is 1. The predicted octanol–water partition coefficient (Wildman–Crippen LogP) is 2.75. The van der Waals surface area contributed by atoms with Gasteiger partial charge < -0.3 is 16.4 Å². The Morgan fingerprint density at radius 2 is 1.70 bits per heavy atom. The molecule has 1 aliphatic heterocycles. The number of amides is 2. The molecule has 2 aromatic rings. The zero-order valence-corrected chi connectivity index (χ0v) is 24.1. The lowest BCUT2D eigenvalue weighted by molar-refractivity contribution is -0.125. The largest absolute Gasteiger partial charge is 0.350 e. The van der Waals surface area contributed by atoms with E-state index in [0.29, 0.717) is 37.0 Å². The average Bonchev–Trinajstić information content (AvgIpc) is 3.54. The molecule has 1 saturated heterocycles. The van der Waals surface area contributed by atoms with E-state index in [1.807, 2.05) is 30.3 Å². The minimum atomic E-state index is -3.73. The molecule has 0 spiro atoms. The number of carbonyl (C=O) groups is 2. The van der Waals surface area contributed by atoms with Crippen LogP contribution in [0.5, 0.6) is 0 Å². The van der Waals surface area contributed by atoms with Gasteiger partial charge in [0.25, 0.3) is 10.2 Å². The van der Waals surface area contributed by atoms with Crippen molar-refractivity contribution in [1.29, 1.82) is 0 Å². The number of nitrogens with one attached hydrogen (secondary N) is 2. The maximum absolute atomic E-state index is 13.4. The Balaban J connectivity index is 1.41. The fourth-order valence-corrected chi connectivity index (χ4v) is 6.97. The summed E-state index contributed by atoms with van der Waals surface area (Å²) in [7, 11) is -3.73. The van der Waals surface area contributed by atoms with Gasteiger partial charge in [-0.2, -0.15) is 17.0 Å². The molecule has 2 amide bonds. The van der Waals surface area contributed by atoms with Crippen LogP contribution < -0.4 is 16.4 Å². The van der Waals surface area contributed by atoms with E-state index in [0.717, 1.165) is 12.0 Å². The molecular formula is C29H40FN5O4S. The number of carbonyl (C=O) groups excluding carboxylic acids is 2. The molecule has 2 aromatic carbocycles. The van der Waals surface area contributed by atoms with Crippen LogP contribution in [0.3, 0.4) is 0 Å². The molecule has 218 valence electrons. The zero-order chi connectivity index (χ0) is 29.0. The van der Waals surface area contributed by atoms with Crippen LogP contribution in [0.2, 0.25) is 0 Å². The summed E-state index contributed by atoms with van der Waals surface area (Å²) in [6.07, 6.45) is 1.72. The van der Waals surface area contributed by atoms with Crippen LogP contribution in [-0.2, 0) is 26.2 Å². The first kappa shape index (κ1) is 30.1. The number of anilines is 1. The molecule has 2 fully saturated rings. The first-order chi connectivity index (χ1) is 19.0. The summed E-state index contributed by atoms with van der Waals surface area (Å²) in [4.78, 5) is 26.2. The van der Waals surface area contributed by atoms with E-state index in [-0.39, 0.29) is 18.9 Å². The fraction of sp³-hybridized carbons (Fsp3) is 0.517. The third-order valence-electron chi connectivity index (χ3n) is 8.05. The summed E-state index contributed by atoms with van der Waals surface area (Å²) in [6.45, 7) is 6.58. The average molecular weight is 574 g/mol. The van der Waals surface area contributed by atoms with Gasteiger partial charge in [-0.1, -0.05) is 44.2 Å². The van der Waals surface area contributed by atoms with Gasteiger partial charge in [0.05, 0.1) is 0 Å². The molecule has 1 aliphatic carbocycles. The first-order valence-corrected chi connectivity index (χ1v) is 15.3. The van der Waals surface area contributed by atoms with Gasteiger partial charge in [-0.05, 0) is 67.9 Å². The van der Waals surface area contributed by atoms with E-state index >= 15 is 0 Å². The molecule has 40 heavy (non-hydrogen) atoms. The number of rotatable bonds is 12. The lowest BCUT2D eigenvalue weighted by Crippen LogP contribution is -2.55. The van der Waals surface area contributed by atoms with Gasteiger partial charge in [-0.25, -0.2) is 4.39 Å². The number of hydrogen-bond acceptors (Lipinski definition) is 5. The minimum Gasteiger partial charge on any atom is -0.350 e. The Kier molecular flexibility index (Phi) is 9.60. The molecule has 11 heteroatoms. The number of halogens is 1. The first-order valence-electron chi connectivity index (χ1n) is 13.9. The molecule has 1 saturated carbocycles. The van der Waals surface area contributed by atoms with Crippen LogP contribution in [-0.4, -0.2) is 66.6 Å². The standard InChI is InChI=1S/C29H40FN5O4S/c1-19-15-23(19)18-34-13-14-35(40(34,38)39)21(3)29(37)33-27(17-22-7-5-4-6-8-22)26(31)16-20(2)28(36)32-25-11-9-24(30)10-12-25/h4-12,19-21,23,26-27H,13-18,31H2,1-3H3,(H,32,36)(H,33,37)/t19?,20-,21+,23?,26+,27+/m1/s1. The lowest BCUT2D eigenvalue weighted by Gasteiger charge is -2.30. The van der Waals surface area contributed by atoms with Crippen LogP contribution in [0.1, 0.15) is 39.2 Å². The summed E-state index contributed by atoms with van der Waals surface area (Å²) in [5, 5.41) is 5.76. The van der Waals surface area contributed by atoms with Crippen molar-refractivity contribution in [3.8, 4) is 0 Å². The molecule has 2 aliphatic rings. The van der Waals surface area contributed by atoms with Gasteiger partial charge in [0.2, 0.25) is 11.8 Å². The summed E-state index contributed by atoms with van der Waals surface area (Å²) in [6, 6.07) is 13.0. The quantitative estimate of drug-likeness (QED) is 0.360. The minimum absolute atomic E-state index is 0.258. The maximum atomic E-state index is 13.4. The summed E-state index contributed by atoms with van der Waals surface area (Å²) in [5.74, 6) is -0.670. The van der Waals surface area contributed by atoms with Crippen LogP contribution in [0.25, 0.3) is 0 Å². The molecule has 2 unspecified atom stereocenters. The number of nitrogens with zero attached hydrogens (tertiary/aromatic N) is 2. The second-order valence-electron chi connectivity index (χ2n) is 11.2. The van der Waals surface area contributed by atoms with Crippen molar-refractivity contribution in [3.63, 3.8) is 0 Å². The Labute approximate surface area is 236 Å². The van der Waals surface area contributed by atoms with Gasteiger partial charge in [-0.3, -0.25) is 9.59 Å². The lowest BCUT2D eigenvalue weighted by atomic mass is 9.92. The van der Waals surface area contributed by atoms with Gasteiger partial charge in [-0.15, -0.1) is 0 Å². The Hall–Kier alpha value is -2.86. The SMILES string of the molecule is CC1CC1CN1CCN([C@@H](C)C(=O)N[C@@H](Cc2ccccc2)[C@@H](N)C[C@@H](C)C(=O)Nc2ccc(F)cc2)S1(=O)=O. The highest BCUT2D eigenvalue weighted by atomic mass is 32.2. The predicted molar refractivity (Wildman–Crippen MR) is 153 cm³/mol. The topological polar surface area (TPSA) is 125 Å². The van der Waals surface area contributed by atoms with Crippen molar-refractivity contribution in [3.05, 3.63) is 66.0 Å². The third kappa shape index (κ3) is 7.45. The molecule has 4 rings (SSSR count). The molecular weight excluding hydrogens is 533 g/mol. The van der Waals surface area contributed by atoms with E-state index in [2.05, 4.69) is 17.6 Å². The monoisotopic (exact) mass is 573 g/mol. The number of benzene rings is 2. The van der Waals surface area contributed by atoms with Crippen LogP contribution in [0.15, 0.2) is 54.6 Å². The van der Waals surface area contributed by atoms with Gasteiger partial charge in [0.1, 0.15) is 11.9 Å². The van der Waals surface area contributed by atoms with Gasteiger partial charge in [0.15, 0.2) is 0 Å². The van der Waals surface area contributed by atoms with Crippen molar-refractivity contribution in [2.75, 3.05) is 25.0 Å². The second kappa shape index (κ2) is 12.8. The highest BCUT2D eigenvalue weighted by Crippen LogP contribution is 2.39. The van der Waals surface area contributed by atoms with E-state index in [4.69, 9.17) is 5.73 Å². The van der Waals surface area contributed by atoms with E-state index in [9.17, 15) is 22.4 Å².